The van der Waals surface area contributed by atoms with Gasteiger partial charge in [0.25, 0.3) is 0 Å². The summed E-state index contributed by atoms with van der Waals surface area (Å²) in [5, 5.41) is 0.898. The standard InChI is InChI=1S/C7H7OP/c1-6-3-2-4-7(5-6)9-8/h2-5H,1H3/p+1. The minimum absolute atomic E-state index is 0.324. The van der Waals surface area contributed by atoms with Crippen LogP contribution in [0, 0.1) is 6.92 Å². The van der Waals surface area contributed by atoms with Gasteiger partial charge in [0.2, 0.25) is 0 Å². The van der Waals surface area contributed by atoms with E-state index < -0.39 is 0 Å². The van der Waals surface area contributed by atoms with E-state index in [1.807, 2.05) is 31.2 Å². The van der Waals surface area contributed by atoms with E-state index in [1.165, 1.54) is 0 Å². The summed E-state index contributed by atoms with van der Waals surface area (Å²) in [6.07, 6.45) is 0. The summed E-state index contributed by atoms with van der Waals surface area (Å²) in [6.45, 7) is 1.99. The van der Waals surface area contributed by atoms with E-state index in [0.717, 1.165) is 10.9 Å². The van der Waals surface area contributed by atoms with Gasteiger partial charge in [-0.05, 0) is 24.6 Å². The number of hydrogen-bond donors (Lipinski definition) is 0. The monoisotopic (exact) mass is 139 g/mol. The molecule has 1 rings (SSSR count). The number of benzene rings is 1. The molecule has 0 saturated heterocycles. The first-order chi connectivity index (χ1) is 4.33. The Hall–Kier alpha value is -0.680. The average Bonchev–Trinajstić information content (AvgIpc) is 1.88. The Kier molecular flexibility index (Phi) is 1.96. The second-order valence-electron chi connectivity index (χ2n) is 1.97. The highest BCUT2D eigenvalue weighted by Gasteiger charge is 1.95. The van der Waals surface area contributed by atoms with Crippen LogP contribution in [0.4, 0.5) is 0 Å². The Balaban J connectivity index is 3.07. The minimum Gasteiger partial charge on any atom is -0.0707 e. The number of rotatable bonds is 1. The molecule has 9 heavy (non-hydrogen) atoms. The quantitative estimate of drug-likeness (QED) is 0.540. The largest absolute Gasteiger partial charge is 0.363 e. The Bertz CT molecular complexity index is 220. The summed E-state index contributed by atoms with van der Waals surface area (Å²) in [5.74, 6) is 0. The van der Waals surface area contributed by atoms with Crippen molar-refractivity contribution in [2.24, 2.45) is 0 Å². The van der Waals surface area contributed by atoms with Gasteiger partial charge in [-0.2, -0.15) is 0 Å². The Labute approximate surface area is 55.9 Å². The molecule has 0 spiro atoms. The summed E-state index contributed by atoms with van der Waals surface area (Å²) in [6, 6.07) is 7.68. The summed E-state index contributed by atoms with van der Waals surface area (Å²) < 4.78 is 10.3. The van der Waals surface area contributed by atoms with Gasteiger partial charge >= 0.3 is 8.46 Å². The molecule has 1 nitrogen and oxygen atoms in total. The van der Waals surface area contributed by atoms with Crippen LogP contribution >= 0.6 is 8.46 Å². The topological polar surface area (TPSA) is 17.1 Å². The lowest BCUT2D eigenvalue weighted by atomic mass is 10.2. The third-order valence-corrected chi connectivity index (χ3v) is 1.68. The second kappa shape index (κ2) is 2.75. The highest BCUT2D eigenvalue weighted by atomic mass is 31.1. The molecule has 0 heterocycles. The SMILES string of the molecule is Cc1cccc([PH+]=O)c1. The maximum absolute atomic E-state index is 10.3. The van der Waals surface area contributed by atoms with Crippen LogP contribution in [-0.4, -0.2) is 0 Å². The van der Waals surface area contributed by atoms with Crippen molar-refractivity contribution in [1.29, 1.82) is 0 Å². The second-order valence-corrected chi connectivity index (χ2v) is 2.75. The fraction of sp³-hybridized carbons (Fsp3) is 0.143. The van der Waals surface area contributed by atoms with Gasteiger partial charge < -0.3 is 0 Å². The lowest BCUT2D eigenvalue weighted by Crippen LogP contribution is -1.88. The molecule has 0 bridgehead atoms. The molecule has 0 fully saturated rings. The molecule has 0 amide bonds. The van der Waals surface area contributed by atoms with E-state index in [4.69, 9.17) is 0 Å². The third kappa shape index (κ3) is 1.62. The van der Waals surface area contributed by atoms with Gasteiger partial charge in [-0.1, -0.05) is 16.7 Å². The van der Waals surface area contributed by atoms with Crippen molar-refractivity contribution in [3.63, 3.8) is 0 Å². The van der Waals surface area contributed by atoms with Crippen LogP contribution in [0.2, 0.25) is 0 Å². The molecular formula is C7H8OP+. The zero-order chi connectivity index (χ0) is 6.69. The van der Waals surface area contributed by atoms with Gasteiger partial charge in [0.15, 0.2) is 5.30 Å². The van der Waals surface area contributed by atoms with Gasteiger partial charge in [0.1, 0.15) is 0 Å². The normalized spacial score (nSPS) is 9.89. The Morgan fingerprint density at radius 2 is 2.22 bits per heavy atom. The van der Waals surface area contributed by atoms with Crippen molar-refractivity contribution < 1.29 is 4.57 Å². The molecular weight excluding hydrogens is 131 g/mol. The van der Waals surface area contributed by atoms with Crippen molar-refractivity contribution >= 4 is 13.8 Å². The number of hydrogen-bond acceptors (Lipinski definition) is 1. The van der Waals surface area contributed by atoms with Crippen molar-refractivity contribution in [3.8, 4) is 0 Å². The van der Waals surface area contributed by atoms with E-state index >= 15 is 0 Å². The van der Waals surface area contributed by atoms with Gasteiger partial charge in [-0.3, -0.25) is 0 Å². The molecule has 1 aromatic rings. The predicted octanol–water partition coefficient (Wildman–Crippen LogP) is 1.64. The zero-order valence-corrected chi connectivity index (χ0v) is 6.22. The molecule has 0 aliphatic heterocycles. The molecule has 1 aromatic carbocycles. The average molecular weight is 139 g/mol. The molecule has 1 unspecified atom stereocenters. The van der Waals surface area contributed by atoms with Crippen molar-refractivity contribution in [1.82, 2.24) is 0 Å². The van der Waals surface area contributed by atoms with Crippen LogP contribution in [0.5, 0.6) is 0 Å². The van der Waals surface area contributed by atoms with Crippen molar-refractivity contribution in [3.05, 3.63) is 29.8 Å². The minimum atomic E-state index is -0.324. The first-order valence-electron chi connectivity index (χ1n) is 2.78. The van der Waals surface area contributed by atoms with Gasteiger partial charge in [0, 0.05) is 0 Å². The van der Waals surface area contributed by atoms with E-state index in [1.54, 1.807) is 0 Å². The van der Waals surface area contributed by atoms with Crippen LogP contribution in [0.3, 0.4) is 0 Å². The molecule has 46 valence electrons. The Morgan fingerprint density at radius 3 is 2.67 bits per heavy atom. The van der Waals surface area contributed by atoms with E-state index in [0.29, 0.717) is 0 Å². The fourth-order valence-electron chi connectivity index (χ4n) is 0.709. The highest BCUT2D eigenvalue weighted by molar-refractivity contribution is 7.34. The maximum Gasteiger partial charge on any atom is 0.363 e. The van der Waals surface area contributed by atoms with Crippen molar-refractivity contribution in [2.75, 3.05) is 0 Å². The highest BCUT2D eigenvalue weighted by Crippen LogP contribution is 1.98. The molecule has 0 saturated carbocycles. The zero-order valence-electron chi connectivity index (χ0n) is 5.22. The van der Waals surface area contributed by atoms with Crippen LogP contribution < -0.4 is 5.30 Å². The molecule has 0 aliphatic rings. The van der Waals surface area contributed by atoms with Crippen LogP contribution in [0.1, 0.15) is 5.56 Å². The molecule has 0 aliphatic carbocycles. The maximum atomic E-state index is 10.3. The molecule has 0 radical (unpaired) electrons. The smallest absolute Gasteiger partial charge is 0.0707 e. The summed E-state index contributed by atoms with van der Waals surface area (Å²) >= 11 is 0. The Morgan fingerprint density at radius 1 is 1.44 bits per heavy atom. The van der Waals surface area contributed by atoms with Crippen LogP contribution in [-0.2, 0) is 4.57 Å². The van der Waals surface area contributed by atoms with Gasteiger partial charge in [0.05, 0.1) is 0 Å². The van der Waals surface area contributed by atoms with Gasteiger partial charge in [-0.15, -0.1) is 0 Å². The van der Waals surface area contributed by atoms with E-state index in [2.05, 4.69) is 0 Å². The number of aryl methyl sites for hydroxylation is 1. The summed E-state index contributed by atoms with van der Waals surface area (Å²) in [4.78, 5) is 0. The van der Waals surface area contributed by atoms with Crippen LogP contribution in [0.15, 0.2) is 24.3 Å². The lowest BCUT2D eigenvalue weighted by Gasteiger charge is -1.84. The fourth-order valence-corrected chi connectivity index (χ4v) is 1.16. The lowest BCUT2D eigenvalue weighted by molar-refractivity contribution is 0.603. The predicted molar refractivity (Wildman–Crippen MR) is 39.8 cm³/mol. The van der Waals surface area contributed by atoms with E-state index in [9.17, 15) is 4.57 Å². The summed E-state index contributed by atoms with van der Waals surface area (Å²) in [5.41, 5.74) is 1.16. The summed E-state index contributed by atoms with van der Waals surface area (Å²) in [7, 11) is -0.324. The van der Waals surface area contributed by atoms with Gasteiger partial charge in [-0.25, -0.2) is 0 Å². The molecule has 0 N–H and O–H groups in total. The molecule has 2 heteroatoms. The van der Waals surface area contributed by atoms with E-state index in [-0.39, 0.29) is 8.46 Å². The van der Waals surface area contributed by atoms with Crippen LogP contribution in [0.25, 0.3) is 0 Å². The third-order valence-electron chi connectivity index (χ3n) is 1.14. The first-order valence-corrected chi connectivity index (χ1v) is 3.68. The molecule has 0 aromatic heterocycles. The molecule has 1 atom stereocenters. The first kappa shape index (κ1) is 6.44. The van der Waals surface area contributed by atoms with Crippen molar-refractivity contribution in [2.45, 2.75) is 6.92 Å².